The van der Waals surface area contributed by atoms with Crippen molar-refractivity contribution in [1.82, 2.24) is 19.8 Å². The topological polar surface area (TPSA) is 83.5 Å². The predicted molar refractivity (Wildman–Crippen MR) is 127 cm³/mol. The second-order valence-electron chi connectivity index (χ2n) is 8.83. The van der Waals surface area contributed by atoms with Gasteiger partial charge in [-0.05, 0) is 73.6 Å². The summed E-state index contributed by atoms with van der Waals surface area (Å²) in [6.45, 7) is 15.0. The molecule has 2 heterocycles. The van der Waals surface area contributed by atoms with Gasteiger partial charge in [-0.3, -0.25) is 14.4 Å². The lowest BCUT2D eigenvalue weighted by Crippen LogP contribution is -2.42. The van der Waals surface area contributed by atoms with Crippen LogP contribution in [0.2, 0.25) is 0 Å². The lowest BCUT2D eigenvalue weighted by Gasteiger charge is -2.31. The molecule has 0 saturated heterocycles. The normalized spacial score (nSPS) is 10.9. The van der Waals surface area contributed by atoms with E-state index in [2.05, 4.69) is 9.97 Å². The van der Waals surface area contributed by atoms with Crippen LogP contribution in [0.4, 0.5) is 8.78 Å². The number of nitrogens with zero attached hydrogens (tertiary/aromatic N) is 4. The zero-order chi connectivity index (χ0) is 26.2. The van der Waals surface area contributed by atoms with Gasteiger partial charge in [-0.15, -0.1) is 0 Å². The zero-order valence-corrected chi connectivity index (χ0v) is 21.0. The van der Waals surface area contributed by atoms with E-state index in [-0.39, 0.29) is 46.8 Å². The molecule has 0 N–H and O–H groups in total. The van der Waals surface area contributed by atoms with E-state index in [1.807, 2.05) is 55.4 Å². The van der Waals surface area contributed by atoms with Gasteiger partial charge in [-0.25, -0.2) is 9.97 Å². The summed E-state index contributed by atoms with van der Waals surface area (Å²) in [4.78, 5) is 45.4. The molecule has 7 nitrogen and oxygen atoms in total. The summed E-state index contributed by atoms with van der Waals surface area (Å²) < 4.78 is 27.0. The van der Waals surface area contributed by atoms with Gasteiger partial charge in [0.25, 0.3) is 11.8 Å². The monoisotopic (exact) mass is 476 g/mol. The molecule has 0 aromatic carbocycles. The standard InChI is InChI=1S/C13H17FN2O2.C12H17FN2O/c1-8(2)16(9(3)4)13(18)11-10(7-17)5-6-15-12(11)14;1-8(2)15(9(3)4)12(16)10-6-5-7-14-11(10)13/h5-9H,1-4H3;5-9H,1-4H3. The molecular formula is C25H34F2N4O3. The first-order chi connectivity index (χ1) is 15.8. The Bertz CT molecular complexity index is 978. The van der Waals surface area contributed by atoms with Crippen LogP contribution in [0.25, 0.3) is 0 Å². The Morgan fingerprint density at radius 2 is 1.24 bits per heavy atom. The third kappa shape index (κ3) is 7.13. The van der Waals surface area contributed by atoms with Crippen LogP contribution in [0.5, 0.6) is 0 Å². The molecule has 0 unspecified atom stereocenters. The minimum atomic E-state index is -0.907. The second-order valence-corrected chi connectivity index (χ2v) is 8.83. The number of amides is 2. The van der Waals surface area contributed by atoms with Gasteiger partial charge in [0.2, 0.25) is 11.9 Å². The van der Waals surface area contributed by atoms with E-state index in [4.69, 9.17) is 0 Å². The average Bonchev–Trinajstić information content (AvgIpc) is 2.73. The first kappa shape index (κ1) is 28.8. The number of aromatic nitrogens is 2. The number of carbonyl (C=O) groups excluding carboxylic acids is 3. The molecule has 0 aliphatic carbocycles. The molecule has 0 radical (unpaired) electrons. The number of pyridine rings is 2. The molecular weight excluding hydrogens is 442 g/mol. The van der Waals surface area contributed by atoms with Crippen molar-refractivity contribution < 1.29 is 23.2 Å². The van der Waals surface area contributed by atoms with Crippen LogP contribution in [0.3, 0.4) is 0 Å². The lowest BCUT2D eigenvalue weighted by molar-refractivity contribution is 0.0627. The minimum absolute atomic E-state index is 0.0267. The molecule has 2 rings (SSSR count). The van der Waals surface area contributed by atoms with Crippen LogP contribution in [0.1, 0.15) is 86.5 Å². The van der Waals surface area contributed by atoms with Crippen LogP contribution < -0.4 is 0 Å². The van der Waals surface area contributed by atoms with Gasteiger partial charge in [0.1, 0.15) is 5.56 Å². The van der Waals surface area contributed by atoms with E-state index in [9.17, 15) is 23.2 Å². The van der Waals surface area contributed by atoms with Gasteiger partial charge in [0.05, 0.1) is 5.56 Å². The molecule has 0 bridgehead atoms. The van der Waals surface area contributed by atoms with E-state index in [1.54, 1.807) is 11.0 Å². The van der Waals surface area contributed by atoms with Crippen LogP contribution in [0.15, 0.2) is 30.6 Å². The molecule has 2 amide bonds. The van der Waals surface area contributed by atoms with E-state index < -0.39 is 17.8 Å². The number of hydrogen-bond donors (Lipinski definition) is 0. The Balaban J connectivity index is 0.000000342. The molecule has 186 valence electrons. The Hall–Kier alpha value is -3.23. The van der Waals surface area contributed by atoms with Crippen molar-refractivity contribution in [2.45, 2.75) is 79.6 Å². The summed E-state index contributed by atoms with van der Waals surface area (Å²) in [6.07, 6.45) is 2.98. The van der Waals surface area contributed by atoms with Gasteiger partial charge in [0.15, 0.2) is 6.29 Å². The number of carbonyl (C=O) groups is 3. The van der Waals surface area contributed by atoms with Gasteiger partial charge in [-0.1, -0.05) is 0 Å². The smallest absolute Gasteiger partial charge is 0.259 e. The van der Waals surface area contributed by atoms with Crippen LogP contribution >= 0.6 is 0 Å². The van der Waals surface area contributed by atoms with Gasteiger partial charge in [0, 0.05) is 42.1 Å². The van der Waals surface area contributed by atoms with Gasteiger partial charge in [-0.2, -0.15) is 8.78 Å². The molecule has 2 aromatic heterocycles. The summed E-state index contributed by atoms with van der Waals surface area (Å²) in [5.74, 6) is -2.43. The highest BCUT2D eigenvalue weighted by Crippen LogP contribution is 2.17. The predicted octanol–water partition coefficient (Wildman–Crippen LogP) is 4.77. The number of hydrogen-bond acceptors (Lipinski definition) is 5. The first-order valence-electron chi connectivity index (χ1n) is 11.2. The van der Waals surface area contributed by atoms with Crippen molar-refractivity contribution in [3.05, 3.63) is 59.2 Å². The summed E-state index contributed by atoms with van der Waals surface area (Å²) >= 11 is 0. The minimum Gasteiger partial charge on any atom is -0.334 e. The molecule has 0 aliphatic heterocycles. The fraction of sp³-hybridized carbons (Fsp3) is 0.480. The van der Waals surface area contributed by atoms with Crippen LogP contribution in [-0.2, 0) is 0 Å². The fourth-order valence-corrected chi connectivity index (χ4v) is 3.70. The first-order valence-corrected chi connectivity index (χ1v) is 11.2. The molecule has 34 heavy (non-hydrogen) atoms. The van der Waals surface area contributed by atoms with Crippen molar-refractivity contribution in [1.29, 1.82) is 0 Å². The Morgan fingerprint density at radius 3 is 1.68 bits per heavy atom. The third-order valence-corrected chi connectivity index (χ3v) is 4.96. The van der Waals surface area contributed by atoms with Crippen molar-refractivity contribution in [3.8, 4) is 0 Å². The molecule has 9 heteroatoms. The lowest BCUT2D eigenvalue weighted by atomic mass is 10.1. The second kappa shape index (κ2) is 12.9. The van der Waals surface area contributed by atoms with E-state index >= 15 is 0 Å². The van der Waals surface area contributed by atoms with E-state index in [0.717, 1.165) is 0 Å². The maximum absolute atomic E-state index is 13.7. The quantitative estimate of drug-likeness (QED) is 0.425. The maximum Gasteiger partial charge on any atom is 0.259 e. The number of halogens is 2. The highest BCUT2D eigenvalue weighted by molar-refractivity contribution is 6.01. The van der Waals surface area contributed by atoms with E-state index in [0.29, 0.717) is 6.29 Å². The Labute approximate surface area is 200 Å². The van der Waals surface area contributed by atoms with Crippen molar-refractivity contribution in [2.75, 3.05) is 0 Å². The maximum atomic E-state index is 13.7. The van der Waals surface area contributed by atoms with Gasteiger partial charge >= 0.3 is 0 Å². The molecule has 0 aliphatic rings. The summed E-state index contributed by atoms with van der Waals surface area (Å²) in [5, 5.41) is 0. The molecule has 0 atom stereocenters. The highest BCUT2D eigenvalue weighted by Gasteiger charge is 2.27. The zero-order valence-electron chi connectivity index (χ0n) is 21.0. The Kier molecular flexibility index (Phi) is 10.9. The van der Waals surface area contributed by atoms with Crippen LogP contribution in [-0.4, -0.2) is 62.0 Å². The van der Waals surface area contributed by atoms with Crippen LogP contribution in [0, 0.1) is 11.9 Å². The highest BCUT2D eigenvalue weighted by atomic mass is 19.1. The number of rotatable bonds is 7. The van der Waals surface area contributed by atoms with Crippen molar-refractivity contribution in [2.24, 2.45) is 0 Å². The van der Waals surface area contributed by atoms with Gasteiger partial charge < -0.3 is 9.80 Å². The van der Waals surface area contributed by atoms with E-state index in [1.165, 1.54) is 29.4 Å². The summed E-state index contributed by atoms with van der Waals surface area (Å²) in [5.41, 5.74) is -0.196. The Morgan fingerprint density at radius 1 is 0.765 bits per heavy atom. The molecule has 0 fully saturated rings. The molecule has 2 aromatic rings. The third-order valence-electron chi connectivity index (χ3n) is 4.96. The summed E-state index contributed by atoms with van der Waals surface area (Å²) in [6, 6.07) is 4.26. The van der Waals surface area contributed by atoms with Crippen molar-refractivity contribution >= 4 is 18.1 Å². The SMILES string of the molecule is CC(C)N(C(=O)c1c(C=O)ccnc1F)C(C)C.CC(C)N(C(=O)c1cccnc1F)C(C)C. The molecule has 0 saturated carbocycles. The van der Waals surface area contributed by atoms with Crippen molar-refractivity contribution in [3.63, 3.8) is 0 Å². The fourth-order valence-electron chi connectivity index (χ4n) is 3.70. The number of aldehydes is 1. The summed E-state index contributed by atoms with van der Waals surface area (Å²) in [7, 11) is 0. The molecule has 0 spiro atoms. The largest absolute Gasteiger partial charge is 0.334 e. The average molecular weight is 477 g/mol.